The SMILES string of the molecule is CCC(=Cc1sc2ccc3ccccc3c2[n+]1CCCS(=O)(=O)[O-])C=C1Sc2ccc(C)cc2N1CC. The van der Waals surface area contributed by atoms with Crippen molar-refractivity contribution in [3.8, 4) is 0 Å². The van der Waals surface area contributed by atoms with Gasteiger partial charge in [-0.05, 0) is 67.1 Å². The predicted molar refractivity (Wildman–Crippen MR) is 155 cm³/mol. The number of aromatic nitrogens is 1. The van der Waals surface area contributed by atoms with E-state index in [0.29, 0.717) is 6.54 Å². The molecular formula is C29H30N2O3S3. The maximum atomic E-state index is 11.3. The largest absolute Gasteiger partial charge is 0.748 e. The molecule has 4 aromatic rings. The zero-order valence-electron chi connectivity index (χ0n) is 21.2. The van der Waals surface area contributed by atoms with Crippen LogP contribution >= 0.6 is 23.1 Å². The fourth-order valence-corrected chi connectivity index (χ4v) is 7.66. The molecule has 1 aliphatic rings. The number of nitrogens with zero attached hydrogens (tertiary/aromatic N) is 2. The van der Waals surface area contributed by atoms with Gasteiger partial charge >= 0.3 is 0 Å². The van der Waals surface area contributed by atoms with Crippen molar-refractivity contribution in [2.45, 2.75) is 45.1 Å². The lowest BCUT2D eigenvalue weighted by atomic mass is 10.1. The van der Waals surface area contributed by atoms with Crippen molar-refractivity contribution in [1.29, 1.82) is 0 Å². The molecule has 0 bridgehead atoms. The highest BCUT2D eigenvalue weighted by Gasteiger charge is 2.25. The molecule has 0 radical (unpaired) electrons. The zero-order chi connectivity index (χ0) is 26.2. The molecule has 5 rings (SSSR count). The first-order valence-corrected chi connectivity index (χ1v) is 15.7. The Balaban J connectivity index is 1.59. The Morgan fingerprint density at radius 1 is 1.11 bits per heavy atom. The summed E-state index contributed by atoms with van der Waals surface area (Å²) in [4.78, 5) is 3.64. The molecule has 192 valence electrons. The zero-order valence-corrected chi connectivity index (χ0v) is 23.7. The summed E-state index contributed by atoms with van der Waals surface area (Å²) in [7, 11) is -4.26. The summed E-state index contributed by atoms with van der Waals surface area (Å²) in [6.07, 6.45) is 5.64. The van der Waals surface area contributed by atoms with Crippen molar-refractivity contribution in [2.75, 3.05) is 17.2 Å². The number of anilines is 1. The van der Waals surface area contributed by atoms with Gasteiger partial charge in [0.05, 0.1) is 26.2 Å². The number of hydrogen-bond donors (Lipinski definition) is 0. The second kappa shape index (κ2) is 10.6. The first kappa shape index (κ1) is 26.0. The maximum absolute atomic E-state index is 11.3. The molecule has 0 saturated carbocycles. The van der Waals surface area contributed by atoms with Gasteiger partial charge in [0, 0.05) is 29.7 Å². The van der Waals surface area contributed by atoms with Gasteiger partial charge in [-0.1, -0.05) is 60.4 Å². The number of benzene rings is 3. The topological polar surface area (TPSA) is 64.3 Å². The second-order valence-corrected chi connectivity index (χ2v) is 12.9. The highest BCUT2D eigenvalue weighted by atomic mass is 32.2. The Morgan fingerprint density at radius 2 is 1.92 bits per heavy atom. The van der Waals surface area contributed by atoms with E-state index in [-0.39, 0.29) is 12.2 Å². The standard InChI is InChI=1S/C29H30N2O3S3/c1-4-21(18-27-30(5-2)24-17-20(3)11-13-25(24)35-27)19-28-31(15-8-16-37(32,33)34)29-23-10-7-6-9-22(23)12-14-26(29)36-28/h6-7,9-14,17-19H,4-5,8,15-16H2,1-3H3. The molecular weight excluding hydrogens is 521 g/mol. The molecule has 0 atom stereocenters. The minimum absolute atomic E-state index is 0.281. The first-order valence-electron chi connectivity index (χ1n) is 12.5. The third-order valence-corrected chi connectivity index (χ3v) is 9.62. The summed E-state index contributed by atoms with van der Waals surface area (Å²) in [5.74, 6) is -0.365. The fourth-order valence-electron chi connectivity index (χ4n) is 4.81. The van der Waals surface area contributed by atoms with Gasteiger partial charge in [0.15, 0.2) is 6.54 Å². The van der Waals surface area contributed by atoms with Crippen molar-refractivity contribution in [1.82, 2.24) is 0 Å². The van der Waals surface area contributed by atoms with E-state index >= 15 is 0 Å². The van der Waals surface area contributed by atoms with Gasteiger partial charge in [-0.15, -0.1) is 0 Å². The number of fused-ring (bicyclic) bond motifs is 4. The molecule has 5 nitrogen and oxygen atoms in total. The summed E-state index contributed by atoms with van der Waals surface area (Å²) in [6, 6.07) is 19.1. The van der Waals surface area contributed by atoms with Crippen LogP contribution in [0.25, 0.3) is 27.1 Å². The highest BCUT2D eigenvalue weighted by Crippen LogP contribution is 2.46. The van der Waals surface area contributed by atoms with Gasteiger partial charge in [0.2, 0.25) is 5.52 Å². The Morgan fingerprint density at radius 3 is 2.68 bits per heavy atom. The van der Waals surface area contributed by atoms with Gasteiger partial charge in [0.1, 0.15) is 4.70 Å². The van der Waals surface area contributed by atoms with Crippen LogP contribution in [-0.4, -0.2) is 25.3 Å². The lowest BCUT2D eigenvalue weighted by Crippen LogP contribution is -2.36. The van der Waals surface area contributed by atoms with E-state index < -0.39 is 10.1 Å². The number of allylic oxidation sites excluding steroid dienone is 2. The van der Waals surface area contributed by atoms with E-state index in [0.717, 1.165) is 39.0 Å². The third-order valence-electron chi connectivity index (χ3n) is 6.62. The van der Waals surface area contributed by atoms with Gasteiger partial charge in [-0.25, -0.2) is 8.42 Å². The summed E-state index contributed by atoms with van der Waals surface area (Å²) >= 11 is 3.50. The lowest BCUT2D eigenvalue weighted by molar-refractivity contribution is -0.667. The summed E-state index contributed by atoms with van der Waals surface area (Å²) in [6.45, 7) is 7.82. The maximum Gasteiger partial charge on any atom is 0.263 e. The Labute approximate surface area is 226 Å². The first-order chi connectivity index (χ1) is 17.8. The van der Waals surface area contributed by atoms with E-state index in [1.54, 1.807) is 23.1 Å². The quantitative estimate of drug-likeness (QED) is 0.177. The van der Waals surface area contributed by atoms with E-state index in [1.807, 2.05) is 12.1 Å². The number of thiazole rings is 1. The molecule has 0 saturated heterocycles. The van der Waals surface area contributed by atoms with Crippen LogP contribution in [0.5, 0.6) is 0 Å². The van der Waals surface area contributed by atoms with E-state index in [2.05, 4.69) is 84.9 Å². The molecule has 37 heavy (non-hydrogen) atoms. The van der Waals surface area contributed by atoms with Crippen LogP contribution in [-0.2, 0) is 16.7 Å². The summed E-state index contributed by atoms with van der Waals surface area (Å²) in [5.41, 5.74) is 4.81. The van der Waals surface area contributed by atoms with Crippen LogP contribution in [0.1, 0.15) is 37.3 Å². The van der Waals surface area contributed by atoms with Gasteiger partial charge in [-0.2, -0.15) is 4.57 Å². The number of thioether (sulfide) groups is 1. The van der Waals surface area contributed by atoms with Crippen LogP contribution in [0.2, 0.25) is 0 Å². The van der Waals surface area contributed by atoms with Crippen LogP contribution in [0.4, 0.5) is 5.69 Å². The van der Waals surface area contributed by atoms with Crippen molar-refractivity contribution in [2.24, 2.45) is 0 Å². The van der Waals surface area contributed by atoms with Crippen LogP contribution in [0.15, 0.2) is 76.2 Å². The Kier molecular flexibility index (Phi) is 7.45. The van der Waals surface area contributed by atoms with Crippen molar-refractivity contribution >= 4 is 66.0 Å². The summed E-state index contributed by atoms with van der Waals surface area (Å²) < 4.78 is 37.3. The highest BCUT2D eigenvalue weighted by molar-refractivity contribution is 8.03. The van der Waals surface area contributed by atoms with E-state index in [4.69, 9.17) is 0 Å². The van der Waals surface area contributed by atoms with Gasteiger partial charge in [-0.3, -0.25) is 0 Å². The van der Waals surface area contributed by atoms with Crippen molar-refractivity contribution in [3.05, 3.63) is 81.8 Å². The second-order valence-electron chi connectivity index (χ2n) is 9.21. The van der Waals surface area contributed by atoms with E-state index in [9.17, 15) is 13.0 Å². The number of hydrogen-bond acceptors (Lipinski definition) is 6. The van der Waals surface area contributed by atoms with Crippen molar-refractivity contribution in [3.63, 3.8) is 0 Å². The predicted octanol–water partition coefficient (Wildman–Crippen LogP) is 6.85. The van der Waals surface area contributed by atoms with Gasteiger partial charge in [0.25, 0.3) is 5.01 Å². The molecule has 3 aromatic carbocycles. The van der Waals surface area contributed by atoms with Crippen LogP contribution < -0.4 is 9.47 Å². The number of rotatable bonds is 8. The summed E-state index contributed by atoms with van der Waals surface area (Å²) in [5, 5.41) is 4.54. The molecule has 8 heteroatoms. The monoisotopic (exact) mass is 550 g/mol. The Hall–Kier alpha value is -2.65. The van der Waals surface area contributed by atoms with Crippen LogP contribution in [0.3, 0.4) is 0 Å². The number of aryl methyl sites for hydroxylation is 2. The Bertz CT molecular complexity index is 1650. The molecule has 0 spiro atoms. The minimum atomic E-state index is -4.26. The third kappa shape index (κ3) is 5.48. The average Bonchev–Trinajstić information content (AvgIpc) is 3.39. The smallest absolute Gasteiger partial charge is 0.263 e. The fraction of sp³-hybridized carbons (Fsp3) is 0.276. The molecule has 2 heterocycles. The molecule has 0 amide bonds. The molecule has 0 aliphatic carbocycles. The average molecular weight is 551 g/mol. The van der Waals surface area contributed by atoms with E-state index in [1.165, 1.54) is 26.7 Å². The molecule has 0 unspecified atom stereocenters. The van der Waals surface area contributed by atoms with Crippen molar-refractivity contribution < 1.29 is 17.5 Å². The van der Waals surface area contributed by atoms with Crippen LogP contribution in [0, 0.1) is 6.92 Å². The molecule has 1 aromatic heterocycles. The normalized spacial score (nSPS) is 15.3. The van der Waals surface area contributed by atoms with Gasteiger partial charge < -0.3 is 9.45 Å². The molecule has 1 aliphatic heterocycles. The molecule has 0 N–H and O–H groups in total. The lowest BCUT2D eigenvalue weighted by Gasteiger charge is -2.18. The minimum Gasteiger partial charge on any atom is -0.748 e. The molecule has 0 fully saturated rings.